The summed E-state index contributed by atoms with van der Waals surface area (Å²) in [7, 11) is 2.82. The van der Waals surface area contributed by atoms with Crippen molar-refractivity contribution >= 4 is 35.1 Å². The van der Waals surface area contributed by atoms with Crippen molar-refractivity contribution in [3.63, 3.8) is 0 Å². The number of aromatic nitrogens is 2. The molecule has 0 aliphatic heterocycles. The van der Waals surface area contributed by atoms with Gasteiger partial charge in [0.25, 0.3) is 0 Å². The number of hydrogen-bond donors (Lipinski definition) is 0. The van der Waals surface area contributed by atoms with Crippen molar-refractivity contribution in [1.82, 2.24) is 9.97 Å². The molecule has 8 heteroatoms. The van der Waals surface area contributed by atoms with Crippen LogP contribution >= 0.6 is 23.2 Å². The first-order valence-corrected chi connectivity index (χ1v) is 18.5. The smallest absolute Gasteiger partial charge is 0.337 e. The van der Waals surface area contributed by atoms with Crippen LogP contribution in [0.25, 0.3) is 0 Å². The molecule has 0 saturated heterocycles. The number of carbonyl (C=O) groups excluding carboxylic acids is 2. The van der Waals surface area contributed by atoms with Crippen molar-refractivity contribution in [3.05, 3.63) is 129 Å². The van der Waals surface area contributed by atoms with Gasteiger partial charge in [0.2, 0.25) is 0 Å². The van der Waals surface area contributed by atoms with Crippen LogP contribution in [-0.4, -0.2) is 36.1 Å². The molecule has 0 radical (unpaired) electrons. The van der Waals surface area contributed by atoms with Crippen molar-refractivity contribution in [1.29, 1.82) is 0 Å². The van der Waals surface area contributed by atoms with Crippen LogP contribution in [0.15, 0.2) is 85.2 Å². The van der Waals surface area contributed by atoms with Gasteiger partial charge in [0.05, 0.1) is 25.3 Å². The molecule has 1 unspecified atom stereocenters. The minimum atomic E-state index is -0.280. The number of esters is 2. The first kappa shape index (κ1) is 37.5. The second-order valence-corrected chi connectivity index (χ2v) is 14.8. The number of rotatable bonds is 10. The standard InChI is InChI=1S/2C21H24ClNO2/c2*1-14(19-9-10-20(22)23-13-19)18-8-5-16(12-18)11-15-3-6-17(7-4-15)21(24)25-2/h2*3-4,6-7,9-10,13-14,16,18H,5,8,11-12H2,1-2H3/t14-,16?,18-;14-,16-,18-/m00/s1. The topological polar surface area (TPSA) is 78.4 Å². The Morgan fingerprint density at radius 3 is 1.32 bits per heavy atom. The zero-order valence-electron chi connectivity index (χ0n) is 29.5. The predicted octanol–water partition coefficient (Wildman–Crippen LogP) is 10.6. The van der Waals surface area contributed by atoms with Crippen LogP contribution in [0.4, 0.5) is 0 Å². The summed E-state index contributed by atoms with van der Waals surface area (Å²) >= 11 is 11.8. The minimum Gasteiger partial charge on any atom is -0.465 e. The molecule has 6 atom stereocenters. The Bertz CT molecular complexity index is 1550. The fraction of sp³-hybridized carbons (Fsp3) is 0.429. The average molecular weight is 716 g/mol. The molecule has 264 valence electrons. The van der Waals surface area contributed by atoms with E-state index in [4.69, 9.17) is 32.7 Å². The highest BCUT2D eigenvalue weighted by Crippen LogP contribution is 2.42. The van der Waals surface area contributed by atoms with E-state index in [-0.39, 0.29) is 11.9 Å². The zero-order chi connectivity index (χ0) is 35.6. The van der Waals surface area contributed by atoms with Gasteiger partial charge in [-0.25, -0.2) is 19.6 Å². The van der Waals surface area contributed by atoms with Crippen molar-refractivity contribution < 1.29 is 19.1 Å². The molecule has 50 heavy (non-hydrogen) atoms. The number of carbonyl (C=O) groups is 2. The van der Waals surface area contributed by atoms with E-state index < -0.39 is 0 Å². The van der Waals surface area contributed by atoms with Gasteiger partial charge >= 0.3 is 11.9 Å². The van der Waals surface area contributed by atoms with Crippen LogP contribution in [0, 0.1) is 23.7 Å². The molecule has 6 nitrogen and oxygen atoms in total. The van der Waals surface area contributed by atoms with Gasteiger partial charge in [0, 0.05) is 12.4 Å². The second-order valence-electron chi connectivity index (χ2n) is 14.1. The highest BCUT2D eigenvalue weighted by Gasteiger charge is 2.31. The molecule has 2 aliphatic rings. The predicted molar refractivity (Wildman–Crippen MR) is 200 cm³/mol. The van der Waals surface area contributed by atoms with Gasteiger partial charge in [-0.1, -0.05) is 73.4 Å². The summed E-state index contributed by atoms with van der Waals surface area (Å²) in [5.74, 6) is 3.27. The Morgan fingerprint density at radius 2 is 1.00 bits per heavy atom. The summed E-state index contributed by atoms with van der Waals surface area (Å²) in [5.41, 5.74) is 6.35. The lowest BCUT2D eigenvalue weighted by Crippen LogP contribution is -2.08. The summed E-state index contributed by atoms with van der Waals surface area (Å²) < 4.78 is 9.49. The maximum Gasteiger partial charge on any atom is 0.337 e. The minimum absolute atomic E-state index is 0.280. The van der Waals surface area contributed by atoms with E-state index in [2.05, 4.69) is 35.9 Å². The Morgan fingerprint density at radius 1 is 0.620 bits per heavy atom. The number of hydrogen-bond acceptors (Lipinski definition) is 6. The quantitative estimate of drug-likeness (QED) is 0.120. The van der Waals surface area contributed by atoms with E-state index in [1.807, 2.05) is 73.1 Å². The number of halogens is 2. The molecule has 0 spiro atoms. The van der Waals surface area contributed by atoms with E-state index in [1.54, 1.807) is 0 Å². The number of benzene rings is 2. The first-order valence-electron chi connectivity index (χ1n) is 17.7. The molecule has 0 N–H and O–H groups in total. The van der Waals surface area contributed by atoms with Gasteiger partial charge < -0.3 is 9.47 Å². The molecule has 2 heterocycles. The second kappa shape index (κ2) is 18.0. The Kier molecular flexibility index (Phi) is 13.5. The molecule has 2 fully saturated rings. The van der Waals surface area contributed by atoms with E-state index in [0.717, 1.165) is 12.8 Å². The number of nitrogens with zero attached hydrogens (tertiary/aromatic N) is 2. The zero-order valence-corrected chi connectivity index (χ0v) is 31.0. The lowest BCUT2D eigenvalue weighted by atomic mass is 9.86. The third-order valence-corrected chi connectivity index (χ3v) is 11.4. The van der Waals surface area contributed by atoms with Crippen LogP contribution in [-0.2, 0) is 22.3 Å². The molecule has 2 aromatic heterocycles. The normalized spacial score (nSPS) is 21.1. The van der Waals surface area contributed by atoms with Crippen molar-refractivity contribution in [2.45, 2.75) is 77.0 Å². The fourth-order valence-electron chi connectivity index (χ4n) is 7.82. The molecular weight excluding hydrogens is 667 g/mol. The molecule has 0 bridgehead atoms. The summed E-state index contributed by atoms with van der Waals surface area (Å²) in [6.45, 7) is 4.59. The molecule has 0 amide bonds. The van der Waals surface area contributed by atoms with Crippen LogP contribution in [0.1, 0.15) is 107 Å². The van der Waals surface area contributed by atoms with Gasteiger partial charge in [-0.15, -0.1) is 0 Å². The highest BCUT2D eigenvalue weighted by atomic mass is 35.5. The van der Waals surface area contributed by atoms with Gasteiger partial charge in [0.15, 0.2) is 0 Å². The lowest BCUT2D eigenvalue weighted by Gasteiger charge is -2.19. The Balaban J connectivity index is 0.000000194. The average Bonchev–Trinajstić information content (AvgIpc) is 3.82. The van der Waals surface area contributed by atoms with Crippen LogP contribution < -0.4 is 0 Å². The van der Waals surface area contributed by atoms with Gasteiger partial charge in [-0.3, -0.25) is 0 Å². The maximum atomic E-state index is 11.5. The Hall–Kier alpha value is -3.74. The maximum absolute atomic E-state index is 11.5. The number of pyridine rings is 2. The van der Waals surface area contributed by atoms with Crippen LogP contribution in [0.3, 0.4) is 0 Å². The molecule has 2 aliphatic carbocycles. The van der Waals surface area contributed by atoms with Crippen molar-refractivity contribution in [3.8, 4) is 0 Å². The summed E-state index contributed by atoms with van der Waals surface area (Å²) in [5, 5.41) is 1.10. The molecule has 4 aromatic rings. The van der Waals surface area contributed by atoms with Gasteiger partial charge in [0.1, 0.15) is 10.3 Å². The number of ether oxygens (including phenoxy) is 2. The third-order valence-electron chi connectivity index (χ3n) is 10.9. The van der Waals surface area contributed by atoms with E-state index in [9.17, 15) is 9.59 Å². The van der Waals surface area contributed by atoms with E-state index in [0.29, 0.717) is 56.9 Å². The molecular formula is C42H48Cl2N2O4. The molecule has 6 rings (SSSR count). The lowest BCUT2D eigenvalue weighted by molar-refractivity contribution is 0.0592. The van der Waals surface area contributed by atoms with E-state index >= 15 is 0 Å². The molecule has 2 aromatic carbocycles. The Labute approximate surface area is 306 Å². The summed E-state index contributed by atoms with van der Waals surface area (Å²) in [6, 6.07) is 23.6. The summed E-state index contributed by atoms with van der Waals surface area (Å²) in [4.78, 5) is 31.4. The van der Waals surface area contributed by atoms with Gasteiger partial charge in [-0.05, 0) is 146 Å². The summed E-state index contributed by atoms with van der Waals surface area (Å²) in [6.07, 6.45) is 13.5. The van der Waals surface area contributed by atoms with Crippen LogP contribution in [0.5, 0.6) is 0 Å². The monoisotopic (exact) mass is 714 g/mol. The SMILES string of the molecule is COC(=O)c1ccc(CC2CC[C@H]([C@H](C)c3ccc(Cl)nc3)C2)cc1.COC(=O)c1ccc(C[C@@H]2CC[C@H]([C@H](C)c3ccc(Cl)nc3)C2)cc1. The molecule has 2 saturated carbocycles. The third kappa shape index (κ3) is 10.2. The first-order chi connectivity index (χ1) is 24.1. The largest absolute Gasteiger partial charge is 0.465 e. The fourth-order valence-corrected chi connectivity index (χ4v) is 8.04. The van der Waals surface area contributed by atoms with Crippen molar-refractivity contribution in [2.24, 2.45) is 23.7 Å². The number of methoxy groups -OCH3 is 2. The van der Waals surface area contributed by atoms with E-state index in [1.165, 1.54) is 75.0 Å². The van der Waals surface area contributed by atoms with Crippen LogP contribution in [0.2, 0.25) is 10.3 Å². The van der Waals surface area contributed by atoms with Crippen molar-refractivity contribution in [2.75, 3.05) is 14.2 Å². The van der Waals surface area contributed by atoms with Gasteiger partial charge in [-0.2, -0.15) is 0 Å². The highest BCUT2D eigenvalue weighted by molar-refractivity contribution is 6.29.